The van der Waals surface area contributed by atoms with E-state index in [1.807, 2.05) is 43.3 Å². The zero-order chi connectivity index (χ0) is 18.4. The van der Waals surface area contributed by atoms with Crippen LogP contribution in [0.1, 0.15) is 31.8 Å². The monoisotopic (exact) mass is 342 g/mol. The molecule has 0 bridgehead atoms. The minimum absolute atomic E-state index is 0.0762. The number of ketones is 1. The fourth-order valence-electron chi connectivity index (χ4n) is 2.41. The number of hydrogen-bond acceptors (Lipinski definition) is 3. The molecule has 3 rings (SSSR count). The summed E-state index contributed by atoms with van der Waals surface area (Å²) in [6.45, 7) is 1.96. The number of aryl methyl sites for hydroxylation is 1. The first-order valence-electron chi connectivity index (χ1n) is 8.28. The Balaban J connectivity index is 1.70. The van der Waals surface area contributed by atoms with E-state index >= 15 is 0 Å². The standard InChI is InChI=1S/C23H18O3/c1-17-10-13-20(14-11-17)23(25)26-21-9-5-6-18(16-21)12-15-22(24)19-7-3-2-4-8-19/h2-16H,1H3. The molecule has 0 N–H and O–H groups in total. The van der Waals surface area contributed by atoms with E-state index in [1.54, 1.807) is 48.5 Å². The summed E-state index contributed by atoms with van der Waals surface area (Å²) >= 11 is 0. The summed E-state index contributed by atoms with van der Waals surface area (Å²) < 4.78 is 5.41. The fraction of sp³-hybridized carbons (Fsp3) is 0.0435. The summed E-state index contributed by atoms with van der Waals surface area (Å²) in [6, 6.07) is 23.3. The van der Waals surface area contributed by atoms with Gasteiger partial charge in [0, 0.05) is 5.56 Å². The van der Waals surface area contributed by atoms with E-state index in [9.17, 15) is 9.59 Å². The molecule has 3 heteroatoms. The van der Waals surface area contributed by atoms with Gasteiger partial charge < -0.3 is 4.74 Å². The smallest absolute Gasteiger partial charge is 0.343 e. The van der Waals surface area contributed by atoms with Crippen LogP contribution in [0.25, 0.3) is 6.08 Å². The second-order valence-corrected chi connectivity index (χ2v) is 5.89. The van der Waals surface area contributed by atoms with Crippen LogP contribution in [0.2, 0.25) is 0 Å². The highest BCUT2D eigenvalue weighted by Gasteiger charge is 2.08. The third-order valence-corrected chi connectivity index (χ3v) is 3.84. The predicted octanol–water partition coefficient (Wildman–Crippen LogP) is 5.11. The third-order valence-electron chi connectivity index (χ3n) is 3.84. The minimum atomic E-state index is -0.411. The van der Waals surface area contributed by atoms with Crippen molar-refractivity contribution in [1.82, 2.24) is 0 Å². The largest absolute Gasteiger partial charge is 0.423 e. The molecule has 0 saturated carbocycles. The number of allylic oxidation sites excluding steroid dienone is 1. The summed E-state index contributed by atoms with van der Waals surface area (Å²) in [5.74, 6) is -0.0518. The van der Waals surface area contributed by atoms with Crippen molar-refractivity contribution in [1.29, 1.82) is 0 Å². The van der Waals surface area contributed by atoms with Crippen LogP contribution in [0.5, 0.6) is 5.75 Å². The van der Waals surface area contributed by atoms with Gasteiger partial charge in [-0.2, -0.15) is 0 Å². The van der Waals surface area contributed by atoms with Crippen LogP contribution in [0.15, 0.2) is 84.9 Å². The molecule has 0 radical (unpaired) electrons. The maximum atomic E-state index is 12.2. The van der Waals surface area contributed by atoms with Gasteiger partial charge in [0.15, 0.2) is 5.78 Å². The van der Waals surface area contributed by atoms with Gasteiger partial charge in [-0.25, -0.2) is 4.79 Å². The van der Waals surface area contributed by atoms with E-state index in [4.69, 9.17) is 4.74 Å². The van der Waals surface area contributed by atoms with Crippen molar-refractivity contribution < 1.29 is 14.3 Å². The van der Waals surface area contributed by atoms with Gasteiger partial charge in [0.25, 0.3) is 0 Å². The Hall–Kier alpha value is -3.46. The summed E-state index contributed by atoms with van der Waals surface area (Å²) in [5, 5.41) is 0. The van der Waals surface area contributed by atoms with Crippen molar-refractivity contribution >= 4 is 17.8 Å². The van der Waals surface area contributed by atoms with Gasteiger partial charge in [0.2, 0.25) is 0 Å². The fourth-order valence-corrected chi connectivity index (χ4v) is 2.41. The number of esters is 1. The molecular formula is C23H18O3. The second kappa shape index (κ2) is 8.08. The van der Waals surface area contributed by atoms with Crippen molar-refractivity contribution in [2.24, 2.45) is 0 Å². The maximum Gasteiger partial charge on any atom is 0.343 e. The molecule has 0 heterocycles. The van der Waals surface area contributed by atoms with Crippen molar-refractivity contribution in [2.45, 2.75) is 6.92 Å². The van der Waals surface area contributed by atoms with Crippen LogP contribution in [-0.2, 0) is 0 Å². The molecule has 0 fully saturated rings. The molecule has 128 valence electrons. The molecule has 0 saturated heterocycles. The first-order chi connectivity index (χ1) is 12.6. The number of hydrogen-bond donors (Lipinski definition) is 0. The second-order valence-electron chi connectivity index (χ2n) is 5.89. The number of rotatable bonds is 5. The highest BCUT2D eigenvalue weighted by atomic mass is 16.5. The van der Waals surface area contributed by atoms with E-state index in [-0.39, 0.29) is 5.78 Å². The number of carbonyl (C=O) groups excluding carboxylic acids is 2. The molecule has 0 aliphatic heterocycles. The van der Waals surface area contributed by atoms with Crippen molar-refractivity contribution in [3.05, 3.63) is 107 Å². The summed E-state index contributed by atoms with van der Waals surface area (Å²) in [6.07, 6.45) is 3.22. The Morgan fingerprint density at radius 3 is 2.27 bits per heavy atom. The highest BCUT2D eigenvalue weighted by Crippen LogP contribution is 2.17. The van der Waals surface area contributed by atoms with Gasteiger partial charge in [-0.3, -0.25) is 4.79 Å². The SMILES string of the molecule is Cc1ccc(C(=O)Oc2cccc(C=CC(=O)c3ccccc3)c2)cc1. The summed E-state index contributed by atoms with van der Waals surface area (Å²) in [7, 11) is 0. The Labute approximate surface area is 152 Å². The van der Waals surface area contributed by atoms with E-state index in [0.29, 0.717) is 16.9 Å². The molecule has 3 nitrogen and oxygen atoms in total. The highest BCUT2D eigenvalue weighted by molar-refractivity contribution is 6.06. The van der Waals surface area contributed by atoms with Gasteiger partial charge in [-0.05, 0) is 42.8 Å². The molecule has 0 atom stereocenters. The average Bonchev–Trinajstić information content (AvgIpc) is 2.67. The van der Waals surface area contributed by atoms with Crippen molar-refractivity contribution in [3.63, 3.8) is 0 Å². The topological polar surface area (TPSA) is 43.4 Å². The van der Waals surface area contributed by atoms with Crippen molar-refractivity contribution in [2.75, 3.05) is 0 Å². The predicted molar refractivity (Wildman–Crippen MR) is 102 cm³/mol. The zero-order valence-electron chi connectivity index (χ0n) is 14.4. The van der Waals surface area contributed by atoms with E-state index in [0.717, 1.165) is 11.1 Å². The van der Waals surface area contributed by atoms with Gasteiger partial charge in [-0.1, -0.05) is 66.2 Å². The number of carbonyl (C=O) groups is 2. The molecule has 0 amide bonds. The number of benzene rings is 3. The average molecular weight is 342 g/mol. The molecule has 0 aliphatic rings. The lowest BCUT2D eigenvalue weighted by atomic mass is 10.1. The first kappa shape index (κ1) is 17.4. The normalized spacial score (nSPS) is 10.7. The van der Waals surface area contributed by atoms with Crippen LogP contribution >= 0.6 is 0 Å². The van der Waals surface area contributed by atoms with Crippen molar-refractivity contribution in [3.8, 4) is 5.75 Å². The van der Waals surface area contributed by atoms with E-state index in [2.05, 4.69) is 0 Å². The lowest BCUT2D eigenvalue weighted by molar-refractivity contribution is 0.0734. The van der Waals surface area contributed by atoms with E-state index in [1.165, 1.54) is 6.08 Å². The van der Waals surface area contributed by atoms with Gasteiger partial charge in [0.1, 0.15) is 5.75 Å². The van der Waals surface area contributed by atoms with Crippen LogP contribution in [0.3, 0.4) is 0 Å². The molecule has 26 heavy (non-hydrogen) atoms. The van der Waals surface area contributed by atoms with Gasteiger partial charge in [-0.15, -0.1) is 0 Å². The molecule has 0 aromatic heterocycles. The zero-order valence-corrected chi connectivity index (χ0v) is 14.4. The quantitative estimate of drug-likeness (QED) is 0.280. The van der Waals surface area contributed by atoms with Crippen LogP contribution < -0.4 is 4.74 Å². The molecule has 3 aromatic carbocycles. The summed E-state index contributed by atoms with van der Waals surface area (Å²) in [5.41, 5.74) is 2.99. The molecule has 0 aliphatic carbocycles. The minimum Gasteiger partial charge on any atom is -0.423 e. The third kappa shape index (κ3) is 4.54. The van der Waals surface area contributed by atoms with Crippen LogP contribution in [0.4, 0.5) is 0 Å². The number of ether oxygens (including phenoxy) is 1. The maximum absolute atomic E-state index is 12.2. The van der Waals surface area contributed by atoms with Crippen LogP contribution in [0, 0.1) is 6.92 Å². The van der Waals surface area contributed by atoms with Gasteiger partial charge in [0.05, 0.1) is 5.56 Å². The Morgan fingerprint density at radius 2 is 1.54 bits per heavy atom. The Kier molecular flexibility index (Phi) is 5.40. The molecule has 3 aromatic rings. The first-order valence-corrected chi connectivity index (χ1v) is 8.28. The Bertz CT molecular complexity index is 939. The molecular weight excluding hydrogens is 324 g/mol. The summed E-state index contributed by atoms with van der Waals surface area (Å²) in [4.78, 5) is 24.3. The molecule has 0 unspecified atom stereocenters. The Morgan fingerprint density at radius 1 is 0.808 bits per heavy atom. The van der Waals surface area contributed by atoms with E-state index < -0.39 is 5.97 Å². The van der Waals surface area contributed by atoms with Crippen LogP contribution in [-0.4, -0.2) is 11.8 Å². The van der Waals surface area contributed by atoms with Gasteiger partial charge >= 0.3 is 5.97 Å². The lowest BCUT2D eigenvalue weighted by Crippen LogP contribution is -2.08. The lowest BCUT2D eigenvalue weighted by Gasteiger charge is -2.05. The molecule has 0 spiro atoms.